The van der Waals surface area contributed by atoms with Crippen LogP contribution in [-0.4, -0.2) is 36.1 Å². The standard InChI is InChI=1S/C29H24N4O3S/c1-19-9-7-12-21(17-19)30-29(36)32-27-28(35)33(18-24(34)25-15-8-16-37-25)23-14-6-5-13-22(23)26(31-27)20-10-3-2-4-11-20/h2-17,27H,18H2,1H3,(H2,30,32,36). The number of aryl methyl sites for hydroxylation is 1. The fourth-order valence-corrected chi connectivity index (χ4v) is 4.84. The number of hydrogen-bond donors (Lipinski definition) is 2. The molecule has 2 N–H and O–H groups in total. The van der Waals surface area contributed by atoms with Gasteiger partial charge in [-0.2, -0.15) is 0 Å². The second-order valence-corrected chi connectivity index (χ2v) is 9.50. The summed E-state index contributed by atoms with van der Waals surface area (Å²) in [7, 11) is 0. The number of amides is 3. The highest BCUT2D eigenvalue weighted by Crippen LogP contribution is 2.29. The molecule has 1 aromatic heterocycles. The first-order chi connectivity index (χ1) is 18.0. The Bertz CT molecular complexity index is 1480. The zero-order valence-electron chi connectivity index (χ0n) is 20.0. The van der Waals surface area contributed by atoms with E-state index in [9.17, 15) is 14.4 Å². The van der Waals surface area contributed by atoms with Gasteiger partial charge >= 0.3 is 6.03 Å². The highest BCUT2D eigenvalue weighted by atomic mass is 32.1. The van der Waals surface area contributed by atoms with Gasteiger partial charge < -0.3 is 15.5 Å². The van der Waals surface area contributed by atoms with E-state index in [1.165, 1.54) is 16.2 Å². The molecule has 5 rings (SSSR count). The molecule has 8 heteroatoms. The van der Waals surface area contributed by atoms with Gasteiger partial charge in [0, 0.05) is 16.8 Å². The molecule has 0 saturated heterocycles. The van der Waals surface area contributed by atoms with Crippen LogP contribution in [0, 0.1) is 6.92 Å². The molecule has 3 amide bonds. The van der Waals surface area contributed by atoms with Crippen LogP contribution in [-0.2, 0) is 4.79 Å². The number of urea groups is 1. The number of fused-ring (bicyclic) bond motifs is 1. The van der Waals surface area contributed by atoms with Gasteiger partial charge in [0.25, 0.3) is 5.91 Å². The molecule has 184 valence electrons. The summed E-state index contributed by atoms with van der Waals surface area (Å²) in [6.45, 7) is 1.75. The third-order valence-corrected chi connectivity index (χ3v) is 6.81. The average molecular weight is 509 g/mol. The van der Waals surface area contributed by atoms with Crippen LogP contribution in [0.25, 0.3) is 0 Å². The maximum Gasteiger partial charge on any atom is 0.321 e. The number of Topliss-reactive ketones (excluding diaryl/α,β-unsaturated/α-hetero) is 1. The summed E-state index contributed by atoms with van der Waals surface area (Å²) >= 11 is 1.32. The van der Waals surface area contributed by atoms with E-state index < -0.39 is 18.1 Å². The molecule has 37 heavy (non-hydrogen) atoms. The van der Waals surface area contributed by atoms with E-state index in [1.54, 1.807) is 24.3 Å². The number of nitrogens with one attached hydrogen (secondary N) is 2. The Morgan fingerprint density at radius 1 is 0.946 bits per heavy atom. The molecule has 1 atom stereocenters. The predicted molar refractivity (Wildman–Crippen MR) is 147 cm³/mol. The van der Waals surface area contributed by atoms with E-state index in [-0.39, 0.29) is 12.3 Å². The number of nitrogens with zero attached hydrogens (tertiary/aromatic N) is 2. The lowest BCUT2D eigenvalue weighted by Gasteiger charge is -2.24. The lowest BCUT2D eigenvalue weighted by Crippen LogP contribution is -2.49. The second-order valence-electron chi connectivity index (χ2n) is 8.56. The van der Waals surface area contributed by atoms with Crippen LogP contribution < -0.4 is 15.5 Å². The van der Waals surface area contributed by atoms with E-state index in [4.69, 9.17) is 4.99 Å². The maximum atomic E-state index is 13.9. The van der Waals surface area contributed by atoms with Gasteiger partial charge in [-0.05, 0) is 42.1 Å². The molecule has 0 aliphatic carbocycles. The highest BCUT2D eigenvalue weighted by molar-refractivity contribution is 7.12. The van der Waals surface area contributed by atoms with Crippen LogP contribution in [0.4, 0.5) is 16.2 Å². The number of carbonyl (C=O) groups excluding carboxylic acids is 3. The molecular formula is C29H24N4O3S. The lowest BCUT2D eigenvalue weighted by molar-refractivity contribution is -0.120. The van der Waals surface area contributed by atoms with E-state index in [0.29, 0.717) is 27.5 Å². The number of carbonyl (C=O) groups is 3. The van der Waals surface area contributed by atoms with Crippen molar-refractivity contribution < 1.29 is 14.4 Å². The molecule has 0 radical (unpaired) electrons. The van der Waals surface area contributed by atoms with E-state index in [0.717, 1.165) is 11.1 Å². The van der Waals surface area contributed by atoms with Gasteiger partial charge in [-0.25, -0.2) is 9.79 Å². The zero-order chi connectivity index (χ0) is 25.8. The summed E-state index contributed by atoms with van der Waals surface area (Å²) in [6, 6.07) is 27.1. The minimum Gasteiger partial charge on any atom is -0.308 e. The SMILES string of the molecule is Cc1cccc(NC(=O)NC2N=C(c3ccccc3)c3ccccc3N(CC(=O)c3cccs3)C2=O)c1. The number of hydrogen-bond acceptors (Lipinski definition) is 5. The molecule has 2 heterocycles. The van der Waals surface area contributed by atoms with Crippen LogP contribution in [0.15, 0.2) is 101 Å². The van der Waals surface area contributed by atoms with E-state index in [1.807, 2.05) is 79.0 Å². The summed E-state index contributed by atoms with van der Waals surface area (Å²) in [5, 5.41) is 7.30. The van der Waals surface area contributed by atoms with Crippen molar-refractivity contribution >= 4 is 46.1 Å². The Balaban J connectivity index is 1.53. The van der Waals surface area contributed by atoms with Crippen LogP contribution in [0.1, 0.15) is 26.4 Å². The van der Waals surface area contributed by atoms with E-state index in [2.05, 4.69) is 10.6 Å². The van der Waals surface area contributed by atoms with Crippen molar-refractivity contribution in [3.8, 4) is 0 Å². The van der Waals surface area contributed by atoms with Crippen molar-refractivity contribution in [3.63, 3.8) is 0 Å². The summed E-state index contributed by atoms with van der Waals surface area (Å²) < 4.78 is 0. The predicted octanol–water partition coefficient (Wildman–Crippen LogP) is 5.27. The lowest BCUT2D eigenvalue weighted by atomic mass is 10.00. The quantitative estimate of drug-likeness (QED) is 0.348. The number of ketones is 1. The Morgan fingerprint density at radius 3 is 2.49 bits per heavy atom. The minimum absolute atomic E-state index is 0.175. The minimum atomic E-state index is -1.25. The van der Waals surface area contributed by atoms with Crippen molar-refractivity contribution in [3.05, 3.63) is 118 Å². The molecule has 0 fully saturated rings. The summed E-state index contributed by atoms with van der Waals surface area (Å²) in [6.07, 6.45) is -1.25. The number of anilines is 2. The summed E-state index contributed by atoms with van der Waals surface area (Å²) in [5.74, 6) is -0.688. The molecule has 1 aliphatic heterocycles. The molecule has 0 bridgehead atoms. The summed E-state index contributed by atoms with van der Waals surface area (Å²) in [5.41, 5.74) is 4.18. The van der Waals surface area contributed by atoms with Crippen molar-refractivity contribution in [2.24, 2.45) is 4.99 Å². The molecular weight excluding hydrogens is 484 g/mol. The van der Waals surface area contributed by atoms with Gasteiger partial charge in [-0.3, -0.25) is 9.59 Å². The van der Waals surface area contributed by atoms with Gasteiger partial charge in [0.1, 0.15) is 0 Å². The monoisotopic (exact) mass is 508 g/mol. The van der Waals surface area contributed by atoms with Gasteiger partial charge in [0.15, 0.2) is 5.78 Å². The molecule has 7 nitrogen and oxygen atoms in total. The van der Waals surface area contributed by atoms with Crippen molar-refractivity contribution in [1.29, 1.82) is 0 Å². The molecule has 0 saturated carbocycles. The first kappa shape index (κ1) is 24.1. The van der Waals surface area contributed by atoms with Crippen LogP contribution >= 0.6 is 11.3 Å². The first-order valence-electron chi connectivity index (χ1n) is 11.7. The molecule has 0 spiro atoms. The summed E-state index contributed by atoms with van der Waals surface area (Å²) in [4.78, 5) is 46.6. The number of benzodiazepines with no additional fused rings is 1. The number of thiophene rings is 1. The Hall–Kier alpha value is -4.56. The number of aliphatic imine (C=N–C) groups is 1. The fraction of sp³-hybridized carbons (Fsp3) is 0.103. The maximum absolute atomic E-state index is 13.9. The van der Waals surface area contributed by atoms with Crippen molar-refractivity contribution in [2.75, 3.05) is 16.8 Å². The van der Waals surface area contributed by atoms with E-state index >= 15 is 0 Å². The third kappa shape index (κ3) is 5.34. The van der Waals surface area contributed by atoms with Gasteiger partial charge in [-0.1, -0.05) is 66.7 Å². The molecule has 1 unspecified atom stereocenters. The normalized spacial score (nSPS) is 14.8. The van der Waals surface area contributed by atoms with Gasteiger partial charge in [0.2, 0.25) is 6.17 Å². The Morgan fingerprint density at radius 2 is 1.73 bits per heavy atom. The second kappa shape index (κ2) is 10.6. The first-order valence-corrected chi connectivity index (χ1v) is 12.6. The number of benzene rings is 3. The Labute approximate surface area is 218 Å². The van der Waals surface area contributed by atoms with Crippen molar-refractivity contribution in [2.45, 2.75) is 13.1 Å². The van der Waals surface area contributed by atoms with Crippen LogP contribution in [0.2, 0.25) is 0 Å². The van der Waals surface area contributed by atoms with Crippen LogP contribution in [0.5, 0.6) is 0 Å². The number of para-hydroxylation sites is 1. The fourth-order valence-electron chi connectivity index (χ4n) is 4.19. The molecule has 1 aliphatic rings. The topological polar surface area (TPSA) is 90.9 Å². The largest absolute Gasteiger partial charge is 0.321 e. The van der Waals surface area contributed by atoms with Gasteiger partial charge in [0.05, 0.1) is 22.8 Å². The molecule has 4 aromatic rings. The highest BCUT2D eigenvalue weighted by Gasteiger charge is 2.34. The van der Waals surface area contributed by atoms with Crippen LogP contribution in [0.3, 0.4) is 0 Å². The van der Waals surface area contributed by atoms with Crippen molar-refractivity contribution in [1.82, 2.24) is 5.32 Å². The van der Waals surface area contributed by atoms with Gasteiger partial charge in [-0.15, -0.1) is 11.3 Å². The smallest absolute Gasteiger partial charge is 0.308 e. The molecule has 3 aromatic carbocycles. The zero-order valence-corrected chi connectivity index (χ0v) is 20.9. The third-order valence-electron chi connectivity index (χ3n) is 5.90. The Kier molecular flexibility index (Phi) is 6.91. The number of rotatable bonds is 6. The average Bonchev–Trinajstić information content (AvgIpc) is 3.42.